The maximum absolute atomic E-state index is 13.8. The monoisotopic (exact) mass is 355 g/mol. The summed E-state index contributed by atoms with van der Waals surface area (Å²) < 4.78 is 41.0. The van der Waals surface area contributed by atoms with E-state index in [-0.39, 0.29) is 28.7 Å². The predicted molar refractivity (Wildman–Crippen MR) is 74.0 cm³/mol. The largest absolute Gasteiger partial charge is 0.330 e. The van der Waals surface area contributed by atoms with Crippen molar-refractivity contribution < 1.29 is 18.0 Å². The molecule has 0 bridgehead atoms. The quantitative estimate of drug-likeness (QED) is 0.745. The first kappa shape index (κ1) is 14.1. The van der Waals surface area contributed by atoms with Crippen molar-refractivity contribution >= 4 is 21.8 Å². The average molecular weight is 356 g/mol. The van der Waals surface area contributed by atoms with Crippen LogP contribution in [0.1, 0.15) is 21.5 Å². The summed E-state index contributed by atoms with van der Waals surface area (Å²) in [6.45, 7) is 0.0754. The van der Waals surface area contributed by atoms with Gasteiger partial charge in [-0.05, 0) is 33.6 Å². The van der Waals surface area contributed by atoms with Crippen LogP contribution in [0.15, 0.2) is 34.8 Å². The Morgan fingerprint density at radius 2 is 1.86 bits per heavy atom. The van der Waals surface area contributed by atoms with E-state index in [9.17, 15) is 18.0 Å². The molecular weight excluding hydrogens is 347 g/mol. The summed E-state index contributed by atoms with van der Waals surface area (Å²) in [5, 5.41) is 0. The van der Waals surface area contributed by atoms with Gasteiger partial charge in [0.25, 0.3) is 5.91 Å². The number of benzene rings is 2. The van der Waals surface area contributed by atoms with Gasteiger partial charge in [0.05, 0.1) is 10.0 Å². The van der Waals surface area contributed by atoms with Crippen molar-refractivity contribution in [2.24, 2.45) is 0 Å². The minimum atomic E-state index is -1.01. The van der Waals surface area contributed by atoms with Crippen LogP contribution in [0.5, 0.6) is 0 Å². The third-order valence-electron chi connectivity index (χ3n) is 3.44. The van der Waals surface area contributed by atoms with E-state index in [2.05, 4.69) is 15.9 Å². The molecule has 21 heavy (non-hydrogen) atoms. The number of carbonyl (C=O) groups excluding carboxylic acids is 1. The van der Waals surface area contributed by atoms with Gasteiger partial charge in [0.15, 0.2) is 11.6 Å². The molecule has 1 heterocycles. The van der Waals surface area contributed by atoms with Crippen LogP contribution in [0.4, 0.5) is 13.2 Å². The minimum absolute atomic E-state index is 0.00971. The molecule has 0 saturated carbocycles. The van der Waals surface area contributed by atoms with Crippen molar-refractivity contribution in [1.82, 2.24) is 4.90 Å². The van der Waals surface area contributed by atoms with Gasteiger partial charge < -0.3 is 4.90 Å². The number of halogens is 4. The van der Waals surface area contributed by atoms with Crippen LogP contribution in [0.25, 0.3) is 0 Å². The Labute approximate surface area is 127 Å². The van der Waals surface area contributed by atoms with Crippen LogP contribution in [0.2, 0.25) is 0 Å². The second kappa shape index (κ2) is 5.18. The van der Waals surface area contributed by atoms with Crippen molar-refractivity contribution in [3.05, 3.63) is 68.9 Å². The summed E-state index contributed by atoms with van der Waals surface area (Å²) in [4.78, 5) is 13.4. The lowest BCUT2D eigenvalue weighted by atomic mass is 10.1. The molecule has 0 fully saturated rings. The smallest absolute Gasteiger partial charge is 0.257 e. The zero-order valence-corrected chi connectivity index (χ0v) is 12.3. The molecule has 0 radical (unpaired) electrons. The molecule has 1 aliphatic heterocycles. The fraction of sp³-hybridized carbons (Fsp3) is 0.133. The molecular formula is C15H9BrF3NO. The fourth-order valence-corrected chi connectivity index (χ4v) is 2.70. The summed E-state index contributed by atoms with van der Waals surface area (Å²) in [7, 11) is 0. The van der Waals surface area contributed by atoms with Crippen molar-refractivity contribution in [3.63, 3.8) is 0 Å². The highest BCUT2D eigenvalue weighted by Gasteiger charge is 2.30. The fourth-order valence-electron chi connectivity index (χ4n) is 2.40. The first-order valence-electron chi connectivity index (χ1n) is 6.18. The molecule has 2 aromatic carbocycles. The van der Waals surface area contributed by atoms with Crippen molar-refractivity contribution in [2.45, 2.75) is 13.1 Å². The van der Waals surface area contributed by atoms with Gasteiger partial charge in [-0.15, -0.1) is 0 Å². The zero-order chi connectivity index (χ0) is 15.1. The van der Waals surface area contributed by atoms with Crippen LogP contribution >= 0.6 is 15.9 Å². The number of hydrogen-bond acceptors (Lipinski definition) is 1. The molecule has 6 heteroatoms. The van der Waals surface area contributed by atoms with E-state index in [0.29, 0.717) is 5.56 Å². The van der Waals surface area contributed by atoms with Gasteiger partial charge in [-0.3, -0.25) is 4.79 Å². The number of rotatable bonds is 2. The Morgan fingerprint density at radius 3 is 2.57 bits per heavy atom. The van der Waals surface area contributed by atoms with Crippen LogP contribution in [0, 0.1) is 17.5 Å². The third-order valence-corrected chi connectivity index (χ3v) is 4.05. The standard InChI is InChI=1S/C15H9BrF3NO/c16-10-5-4-9(13(18)14(10)19)7-20-6-8-2-1-3-11(17)12(8)15(20)21/h1-5H,6-7H2. The summed E-state index contributed by atoms with van der Waals surface area (Å²) in [5.41, 5.74) is 0.616. The lowest BCUT2D eigenvalue weighted by Gasteiger charge is -2.16. The highest BCUT2D eigenvalue weighted by atomic mass is 79.9. The van der Waals surface area contributed by atoms with Crippen LogP contribution in [0.3, 0.4) is 0 Å². The summed E-state index contributed by atoms with van der Waals surface area (Å²) >= 11 is 2.89. The van der Waals surface area contributed by atoms with E-state index < -0.39 is 23.4 Å². The number of hydrogen-bond donors (Lipinski definition) is 0. The SMILES string of the molecule is O=C1c2c(F)cccc2CN1Cc1ccc(Br)c(F)c1F. The van der Waals surface area contributed by atoms with Gasteiger partial charge in [-0.1, -0.05) is 18.2 Å². The highest BCUT2D eigenvalue weighted by Crippen LogP contribution is 2.28. The number of amides is 1. The molecule has 0 aromatic heterocycles. The van der Waals surface area contributed by atoms with Crippen LogP contribution in [-0.4, -0.2) is 10.8 Å². The molecule has 0 saturated heterocycles. The van der Waals surface area contributed by atoms with Gasteiger partial charge in [0.1, 0.15) is 5.82 Å². The molecule has 0 spiro atoms. The van der Waals surface area contributed by atoms with Gasteiger partial charge in [-0.2, -0.15) is 0 Å². The number of nitrogens with zero attached hydrogens (tertiary/aromatic N) is 1. The summed E-state index contributed by atoms with van der Waals surface area (Å²) in [6, 6.07) is 7.15. The normalized spacial score (nSPS) is 13.7. The molecule has 1 amide bonds. The number of fused-ring (bicyclic) bond motifs is 1. The van der Waals surface area contributed by atoms with Gasteiger partial charge in [0, 0.05) is 18.7 Å². The van der Waals surface area contributed by atoms with Gasteiger partial charge in [0.2, 0.25) is 0 Å². The van der Waals surface area contributed by atoms with Gasteiger partial charge >= 0.3 is 0 Å². The lowest BCUT2D eigenvalue weighted by molar-refractivity contribution is 0.0761. The molecule has 0 unspecified atom stereocenters. The lowest BCUT2D eigenvalue weighted by Crippen LogP contribution is -2.24. The maximum Gasteiger partial charge on any atom is 0.257 e. The Balaban J connectivity index is 1.91. The summed E-state index contributed by atoms with van der Waals surface area (Å²) in [6.07, 6.45) is 0. The number of carbonyl (C=O) groups is 1. The van der Waals surface area contributed by atoms with Crippen molar-refractivity contribution in [3.8, 4) is 0 Å². The van der Waals surface area contributed by atoms with Crippen LogP contribution < -0.4 is 0 Å². The van der Waals surface area contributed by atoms with E-state index >= 15 is 0 Å². The van der Waals surface area contributed by atoms with Crippen molar-refractivity contribution in [1.29, 1.82) is 0 Å². The van der Waals surface area contributed by atoms with Crippen molar-refractivity contribution in [2.75, 3.05) is 0 Å². The molecule has 2 nitrogen and oxygen atoms in total. The Kier molecular flexibility index (Phi) is 3.49. The zero-order valence-electron chi connectivity index (χ0n) is 10.7. The van der Waals surface area contributed by atoms with Gasteiger partial charge in [-0.25, -0.2) is 13.2 Å². The van der Waals surface area contributed by atoms with E-state index in [4.69, 9.17) is 0 Å². The Bertz CT molecular complexity index is 748. The second-order valence-corrected chi connectivity index (χ2v) is 5.62. The van der Waals surface area contributed by atoms with E-state index in [1.807, 2.05) is 0 Å². The maximum atomic E-state index is 13.8. The first-order chi connectivity index (χ1) is 9.99. The Hall–Kier alpha value is -1.82. The Morgan fingerprint density at radius 1 is 1.10 bits per heavy atom. The van der Waals surface area contributed by atoms with E-state index in [0.717, 1.165) is 0 Å². The topological polar surface area (TPSA) is 20.3 Å². The molecule has 0 atom stereocenters. The molecule has 3 rings (SSSR count). The molecule has 0 N–H and O–H groups in total. The molecule has 0 aliphatic carbocycles. The molecule has 108 valence electrons. The highest BCUT2D eigenvalue weighted by molar-refractivity contribution is 9.10. The van der Waals surface area contributed by atoms with Crippen LogP contribution in [-0.2, 0) is 13.1 Å². The first-order valence-corrected chi connectivity index (χ1v) is 6.97. The molecule has 1 aliphatic rings. The van der Waals surface area contributed by atoms with E-state index in [1.165, 1.54) is 29.2 Å². The molecule has 2 aromatic rings. The second-order valence-electron chi connectivity index (χ2n) is 4.77. The summed E-state index contributed by atoms with van der Waals surface area (Å²) in [5.74, 6) is -3.11. The third kappa shape index (κ3) is 2.33. The minimum Gasteiger partial charge on any atom is -0.330 e. The van der Waals surface area contributed by atoms with E-state index in [1.54, 1.807) is 6.07 Å². The predicted octanol–water partition coefficient (Wildman–Crippen LogP) is 4.02. The average Bonchev–Trinajstić information content (AvgIpc) is 2.77.